The van der Waals surface area contributed by atoms with Crippen LogP contribution in [0.15, 0.2) is 48.5 Å². The maximum absolute atomic E-state index is 12.2. The van der Waals surface area contributed by atoms with Gasteiger partial charge in [-0.3, -0.25) is 9.59 Å². The molecule has 2 aromatic rings. The Morgan fingerprint density at radius 1 is 1.08 bits per heavy atom. The van der Waals surface area contributed by atoms with E-state index in [1.165, 1.54) is 17.4 Å². The number of anilines is 1. The molecule has 4 nitrogen and oxygen atoms in total. The van der Waals surface area contributed by atoms with Crippen molar-refractivity contribution in [3.05, 3.63) is 64.7 Å². The average molecular weight is 359 g/mol. The van der Waals surface area contributed by atoms with E-state index in [0.717, 1.165) is 17.7 Å². The largest absolute Gasteiger partial charge is 0.354 e. The van der Waals surface area contributed by atoms with E-state index in [1.807, 2.05) is 48.5 Å². The Balaban J connectivity index is 1.90. The molecule has 0 fully saturated rings. The number of aryl methyl sites for hydroxylation is 1. The molecule has 0 saturated carbocycles. The zero-order valence-electron chi connectivity index (χ0n) is 14.6. The number of nitrogens with zero attached hydrogens (tertiary/aromatic N) is 1. The van der Waals surface area contributed by atoms with Crippen LogP contribution in [0.25, 0.3) is 0 Å². The molecule has 0 aliphatic heterocycles. The summed E-state index contributed by atoms with van der Waals surface area (Å²) in [6, 6.07) is 15.2. The number of benzene rings is 2. The summed E-state index contributed by atoms with van der Waals surface area (Å²) in [4.78, 5) is 25.6. The average Bonchev–Trinajstić information content (AvgIpc) is 2.60. The van der Waals surface area contributed by atoms with Gasteiger partial charge in [-0.25, -0.2) is 0 Å². The molecule has 0 heterocycles. The lowest BCUT2D eigenvalue weighted by Gasteiger charge is -2.21. The number of nitrogens with one attached hydrogen (secondary N) is 1. The molecule has 0 bridgehead atoms. The fourth-order valence-corrected chi connectivity index (χ4v) is 2.75. The first-order valence-corrected chi connectivity index (χ1v) is 8.75. The van der Waals surface area contributed by atoms with Crippen LogP contribution in [0.2, 0.25) is 5.02 Å². The summed E-state index contributed by atoms with van der Waals surface area (Å²) in [7, 11) is 0. The highest BCUT2D eigenvalue weighted by molar-refractivity contribution is 6.30. The molecule has 2 amide bonds. The number of carbonyl (C=O) groups excluding carboxylic acids is 2. The van der Waals surface area contributed by atoms with Crippen molar-refractivity contribution in [1.82, 2.24) is 5.32 Å². The highest BCUT2D eigenvalue weighted by atomic mass is 35.5. The van der Waals surface area contributed by atoms with E-state index >= 15 is 0 Å². The second-order valence-electron chi connectivity index (χ2n) is 5.86. The number of carbonyl (C=O) groups is 2. The molecule has 0 saturated heterocycles. The summed E-state index contributed by atoms with van der Waals surface area (Å²) >= 11 is 5.95. The second kappa shape index (κ2) is 9.23. The zero-order chi connectivity index (χ0) is 18.2. The SMILES string of the molecule is CCc1ccc(N(CC(=O)NCCc2cccc(Cl)c2)C(C)=O)cc1. The monoisotopic (exact) mass is 358 g/mol. The van der Waals surface area contributed by atoms with Crippen molar-refractivity contribution >= 4 is 29.1 Å². The summed E-state index contributed by atoms with van der Waals surface area (Å²) in [6.45, 7) is 4.05. The molecule has 2 aromatic carbocycles. The molecule has 0 unspecified atom stereocenters. The highest BCUT2D eigenvalue weighted by Gasteiger charge is 2.15. The molecular formula is C20H23ClN2O2. The molecule has 2 rings (SSSR count). The van der Waals surface area contributed by atoms with Gasteiger partial charge in [-0.15, -0.1) is 0 Å². The third kappa shape index (κ3) is 5.91. The lowest BCUT2D eigenvalue weighted by molar-refractivity contribution is -0.123. The van der Waals surface area contributed by atoms with Crippen molar-refractivity contribution in [3.63, 3.8) is 0 Å². The van der Waals surface area contributed by atoms with Crippen LogP contribution in [0.4, 0.5) is 5.69 Å². The van der Waals surface area contributed by atoms with E-state index in [9.17, 15) is 9.59 Å². The predicted molar refractivity (Wildman–Crippen MR) is 102 cm³/mol. The minimum Gasteiger partial charge on any atom is -0.354 e. The van der Waals surface area contributed by atoms with Crippen LogP contribution in [0, 0.1) is 0 Å². The van der Waals surface area contributed by atoms with Gasteiger partial charge in [-0.05, 0) is 48.2 Å². The third-order valence-corrected chi connectivity index (χ3v) is 4.20. The van der Waals surface area contributed by atoms with Crippen molar-refractivity contribution in [2.45, 2.75) is 26.7 Å². The van der Waals surface area contributed by atoms with Gasteiger partial charge in [-0.1, -0.05) is 42.8 Å². The molecule has 0 aliphatic rings. The fraction of sp³-hybridized carbons (Fsp3) is 0.300. The summed E-state index contributed by atoms with van der Waals surface area (Å²) < 4.78 is 0. The van der Waals surface area contributed by atoms with Gasteiger partial charge in [-0.2, -0.15) is 0 Å². The van der Waals surface area contributed by atoms with E-state index in [2.05, 4.69) is 12.2 Å². The van der Waals surface area contributed by atoms with Gasteiger partial charge in [0.1, 0.15) is 6.54 Å². The van der Waals surface area contributed by atoms with Crippen molar-refractivity contribution in [1.29, 1.82) is 0 Å². The van der Waals surface area contributed by atoms with E-state index < -0.39 is 0 Å². The maximum Gasteiger partial charge on any atom is 0.240 e. The Kier molecular flexibility index (Phi) is 7.02. The van der Waals surface area contributed by atoms with E-state index in [-0.39, 0.29) is 18.4 Å². The minimum atomic E-state index is -0.184. The van der Waals surface area contributed by atoms with Crippen molar-refractivity contribution in [2.24, 2.45) is 0 Å². The topological polar surface area (TPSA) is 49.4 Å². The molecule has 0 aliphatic carbocycles. The number of hydrogen-bond acceptors (Lipinski definition) is 2. The van der Waals surface area contributed by atoms with Crippen LogP contribution >= 0.6 is 11.6 Å². The van der Waals surface area contributed by atoms with Gasteiger partial charge in [0.2, 0.25) is 11.8 Å². The van der Waals surface area contributed by atoms with E-state index in [4.69, 9.17) is 11.6 Å². The van der Waals surface area contributed by atoms with Crippen LogP contribution in [-0.2, 0) is 22.4 Å². The van der Waals surface area contributed by atoms with Crippen LogP contribution in [0.1, 0.15) is 25.0 Å². The van der Waals surface area contributed by atoms with Crippen LogP contribution in [-0.4, -0.2) is 24.9 Å². The first kappa shape index (κ1) is 19.0. The second-order valence-corrected chi connectivity index (χ2v) is 6.29. The van der Waals surface area contributed by atoms with Crippen LogP contribution in [0.5, 0.6) is 0 Å². The highest BCUT2D eigenvalue weighted by Crippen LogP contribution is 2.16. The standard InChI is InChI=1S/C20H23ClN2O2/c1-3-16-7-9-19(10-8-16)23(15(2)24)14-20(25)22-12-11-17-5-4-6-18(21)13-17/h4-10,13H,3,11-12,14H2,1-2H3,(H,22,25). The Morgan fingerprint density at radius 2 is 1.80 bits per heavy atom. The Morgan fingerprint density at radius 3 is 2.40 bits per heavy atom. The number of hydrogen-bond donors (Lipinski definition) is 1. The lowest BCUT2D eigenvalue weighted by atomic mass is 10.1. The Labute approximate surface area is 153 Å². The smallest absolute Gasteiger partial charge is 0.240 e. The van der Waals surface area contributed by atoms with Gasteiger partial charge in [0.05, 0.1) is 0 Å². The molecule has 0 aromatic heterocycles. The van der Waals surface area contributed by atoms with Gasteiger partial charge in [0.25, 0.3) is 0 Å². The zero-order valence-corrected chi connectivity index (χ0v) is 15.3. The van der Waals surface area contributed by atoms with Gasteiger partial charge in [0, 0.05) is 24.2 Å². The first-order chi connectivity index (χ1) is 12.0. The van der Waals surface area contributed by atoms with Crippen molar-refractivity contribution < 1.29 is 9.59 Å². The summed E-state index contributed by atoms with van der Waals surface area (Å²) in [5.74, 6) is -0.342. The number of rotatable bonds is 7. The molecule has 0 atom stereocenters. The quantitative estimate of drug-likeness (QED) is 0.821. The molecule has 132 valence electrons. The minimum absolute atomic E-state index is 0.0103. The van der Waals surface area contributed by atoms with Gasteiger partial charge < -0.3 is 10.2 Å². The number of amides is 2. The number of halogens is 1. The molecule has 25 heavy (non-hydrogen) atoms. The molecule has 0 spiro atoms. The maximum atomic E-state index is 12.2. The van der Waals surface area contributed by atoms with Crippen molar-refractivity contribution in [2.75, 3.05) is 18.0 Å². The van der Waals surface area contributed by atoms with E-state index in [1.54, 1.807) is 0 Å². The lowest BCUT2D eigenvalue weighted by Crippen LogP contribution is -2.40. The molecule has 0 radical (unpaired) electrons. The molecular weight excluding hydrogens is 336 g/mol. The van der Waals surface area contributed by atoms with E-state index in [0.29, 0.717) is 18.0 Å². The molecule has 5 heteroatoms. The van der Waals surface area contributed by atoms with Gasteiger partial charge in [0.15, 0.2) is 0 Å². The Bertz CT molecular complexity index is 729. The summed E-state index contributed by atoms with van der Waals surface area (Å²) in [5.41, 5.74) is 2.99. The Hall–Kier alpha value is -2.33. The van der Waals surface area contributed by atoms with Crippen LogP contribution in [0.3, 0.4) is 0 Å². The third-order valence-electron chi connectivity index (χ3n) is 3.96. The van der Waals surface area contributed by atoms with Crippen LogP contribution < -0.4 is 10.2 Å². The molecule has 1 N–H and O–H groups in total. The summed E-state index contributed by atoms with van der Waals surface area (Å²) in [6.07, 6.45) is 1.63. The first-order valence-electron chi connectivity index (χ1n) is 8.37. The fourth-order valence-electron chi connectivity index (χ4n) is 2.53. The normalized spacial score (nSPS) is 10.4. The van der Waals surface area contributed by atoms with Gasteiger partial charge >= 0.3 is 0 Å². The van der Waals surface area contributed by atoms with Crippen molar-refractivity contribution in [3.8, 4) is 0 Å². The summed E-state index contributed by atoms with van der Waals surface area (Å²) in [5, 5.41) is 3.53. The predicted octanol–water partition coefficient (Wildman–Crippen LogP) is 3.61.